The van der Waals surface area contributed by atoms with Crippen LogP contribution in [0.3, 0.4) is 0 Å². The smallest absolute Gasteiger partial charge is 0.266 e. The van der Waals surface area contributed by atoms with Gasteiger partial charge in [0, 0.05) is 5.69 Å². The van der Waals surface area contributed by atoms with Gasteiger partial charge in [0.1, 0.15) is 11.6 Å². The van der Waals surface area contributed by atoms with Crippen LogP contribution in [0.15, 0.2) is 41.2 Å². The highest BCUT2D eigenvalue weighted by atomic mass is 16.1. The van der Waals surface area contributed by atoms with E-state index in [-0.39, 0.29) is 11.1 Å². The average Bonchev–Trinajstić information content (AvgIpc) is 2.30. The highest BCUT2D eigenvalue weighted by Crippen LogP contribution is 2.15. The molecule has 0 fully saturated rings. The van der Waals surface area contributed by atoms with Crippen molar-refractivity contribution in [3.05, 3.63) is 57.9 Å². The Kier molecular flexibility index (Phi) is 2.57. The number of aryl methyl sites for hydroxylation is 1. The minimum atomic E-state index is -0.347. The molecule has 0 radical (unpaired) electrons. The van der Waals surface area contributed by atoms with E-state index >= 15 is 0 Å². The lowest BCUT2D eigenvalue weighted by molar-refractivity contribution is 1.22. The fourth-order valence-corrected chi connectivity index (χ4v) is 1.46. The minimum Gasteiger partial charge on any atom is -0.321 e. The molecule has 1 aromatic carbocycles. The number of aromatic nitrogens is 1. The molecule has 2 rings (SSSR count). The molecular weight excluding hydrogens is 200 g/mol. The Morgan fingerprint density at radius 1 is 1.12 bits per heavy atom. The van der Waals surface area contributed by atoms with Gasteiger partial charge in [-0.15, -0.1) is 0 Å². The summed E-state index contributed by atoms with van der Waals surface area (Å²) in [6.07, 6.45) is 0. The van der Waals surface area contributed by atoms with E-state index in [1.165, 1.54) is 11.6 Å². The Balaban J connectivity index is 2.50. The summed E-state index contributed by atoms with van der Waals surface area (Å²) >= 11 is 0. The lowest BCUT2D eigenvalue weighted by Crippen LogP contribution is -2.09. The fourth-order valence-electron chi connectivity index (χ4n) is 1.46. The first-order valence-corrected chi connectivity index (χ1v) is 4.91. The van der Waals surface area contributed by atoms with Crippen LogP contribution in [-0.2, 0) is 0 Å². The van der Waals surface area contributed by atoms with Crippen LogP contribution in [0, 0.1) is 18.3 Å². The number of hydrogen-bond acceptors (Lipinski definition) is 2. The minimum absolute atomic E-state index is 0.135. The van der Waals surface area contributed by atoms with Crippen molar-refractivity contribution in [2.24, 2.45) is 0 Å². The summed E-state index contributed by atoms with van der Waals surface area (Å²) in [7, 11) is 0. The van der Waals surface area contributed by atoms with Crippen molar-refractivity contribution in [2.45, 2.75) is 6.92 Å². The van der Waals surface area contributed by atoms with E-state index in [1.54, 1.807) is 6.07 Å². The maximum Gasteiger partial charge on any atom is 0.266 e. The molecule has 0 atom stereocenters. The molecule has 78 valence electrons. The second-order valence-corrected chi connectivity index (χ2v) is 3.59. The summed E-state index contributed by atoms with van der Waals surface area (Å²) in [6.45, 7) is 2.01. The molecule has 0 amide bonds. The predicted molar refractivity (Wildman–Crippen MR) is 62.0 cm³/mol. The van der Waals surface area contributed by atoms with Gasteiger partial charge in [0.15, 0.2) is 0 Å². The summed E-state index contributed by atoms with van der Waals surface area (Å²) in [4.78, 5) is 14.1. The summed E-state index contributed by atoms with van der Waals surface area (Å²) in [5.41, 5.74) is 2.62. The monoisotopic (exact) mass is 210 g/mol. The van der Waals surface area contributed by atoms with Gasteiger partial charge >= 0.3 is 0 Å². The van der Waals surface area contributed by atoms with Crippen LogP contribution < -0.4 is 5.56 Å². The number of nitriles is 1. The first-order chi connectivity index (χ1) is 7.70. The Morgan fingerprint density at radius 2 is 1.81 bits per heavy atom. The molecule has 0 bridgehead atoms. The van der Waals surface area contributed by atoms with Crippen molar-refractivity contribution in [3.8, 4) is 17.3 Å². The van der Waals surface area contributed by atoms with E-state index in [2.05, 4.69) is 4.98 Å². The molecule has 0 aliphatic carbocycles. The highest BCUT2D eigenvalue weighted by Gasteiger charge is 2.01. The number of nitrogens with zero attached hydrogens (tertiary/aromatic N) is 1. The molecular formula is C13H10N2O. The van der Waals surface area contributed by atoms with Crippen molar-refractivity contribution < 1.29 is 0 Å². The Hall–Kier alpha value is -2.34. The van der Waals surface area contributed by atoms with Crippen LogP contribution >= 0.6 is 0 Å². The zero-order chi connectivity index (χ0) is 11.5. The van der Waals surface area contributed by atoms with E-state index in [0.29, 0.717) is 0 Å². The van der Waals surface area contributed by atoms with E-state index in [4.69, 9.17) is 5.26 Å². The van der Waals surface area contributed by atoms with Gasteiger partial charge in [-0.1, -0.05) is 29.8 Å². The van der Waals surface area contributed by atoms with Gasteiger partial charge in [-0.2, -0.15) is 5.26 Å². The SMILES string of the molecule is Cc1ccc(-c2ccc(C#N)c(=O)[nH]2)cc1. The first kappa shape index (κ1) is 10.2. The second-order valence-electron chi connectivity index (χ2n) is 3.59. The van der Waals surface area contributed by atoms with E-state index in [1.807, 2.05) is 37.3 Å². The highest BCUT2D eigenvalue weighted by molar-refractivity contribution is 5.59. The second kappa shape index (κ2) is 4.03. The summed E-state index contributed by atoms with van der Waals surface area (Å²) in [5, 5.41) is 8.65. The fraction of sp³-hybridized carbons (Fsp3) is 0.0769. The lowest BCUT2D eigenvalue weighted by Gasteiger charge is -2.01. The van der Waals surface area contributed by atoms with E-state index in [0.717, 1.165) is 11.3 Å². The third-order valence-corrected chi connectivity index (χ3v) is 2.39. The van der Waals surface area contributed by atoms with Crippen LogP contribution in [0.25, 0.3) is 11.3 Å². The van der Waals surface area contributed by atoms with Crippen LogP contribution in [-0.4, -0.2) is 4.98 Å². The van der Waals surface area contributed by atoms with Gasteiger partial charge < -0.3 is 4.98 Å². The molecule has 0 unspecified atom stereocenters. The third kappa shape index (κ3) is 1.86. The number of pyridine rings is 1. The quantitative estimate of drug-likeness (QED) is 0.784. The number of H-pyrrole nitrogens is 1. The lowest BCUT2D eigenvalue weighted by atomic mass is 10.1. The molecule has 1 heterocycles. The standard InChI is InChI=1S/C13H10N2O/c1-9-2-4-10(5-3-9)12-7-6-11(8-14)13(16)15-12/h2-7H,1H3,(H,15,16). The number of hydrogen-bond donors (Lipinski definition) is 1. The van der Waals surface area contributed by atoms with Gasteiger partial charge in [0.05, 0.1) is 0 Å². The first-order valence-electron chi connectivity index (χ1n) is 4.91. The van der Waals surface area contributed by atoms with Crippen LogP contribution in [0.1, 0.15) is 11.1 Å². The number of benzene rings is 1. The summed E-state index contributed by atoms with van der Waals surface area (Å²) in [6, 6.07) is 12.9. The predicted octanol–water partition coefficient (Wildman–Crippen LogP) is 2.22. The van der Waals surface area contributed by atoms with Gasteiger partial charge in [0.25, 0.3) is 5.56 Å². The number of rotatable bonds is 1. The average molecular weight is 210 g/mol. The third-order valence-electron chi connectivity index (χ3n) is 2.39. The van der Waals surface area contributed by atoms with Gasteiger partial charge in [0.2, 0.25) is 0 Å². The van der Waals surface area contributed by atoms with E-state index in [9.17, 15) is 4.79 Å². The number of nitrogens with one attached hydrogen (secondary N) is 1. The normalized spacial score (nSPS) is 9.75. The molecule has 0 saturated heterocycles. The molecule has 1 aromatic heterocycles. The Bertz CT molecular complexity index is 603. The maximum atomic E-state index is 11.4. The Morgan fingerprint density at radius 3 is 2.38 bits per heavy atom. The summed E-state index contributed by atoms with van der Waals surface area (Å²) < 4.78 is 0. The zero-order valence-corrected chi connectivity index (χ0v) is 8.82. The molecule has 2 aromatic rings. The zero-order valence-electron chi connectivity index (χ0n) is 8.82. The van der Waals surface area contributed by atoms with Crippen molar-refractivity contribution in [2.75, 3.05) is 0 Å². The van der Waals surface area contributed by atoms with Gasteiger partial charge in [-0.25, -0.2) is 0 Å². The van der Waals surface area contributed by atoms with Crippen LogP contribution in [0.5, 0.6) is 0 Å². The molecule has 0 saturated carbocycles. The number of aromatic amines is 1. The van der Waals surface area contributed by atoms with Crippen LogP contribution in [0.4, 0.5) is 0 Å². The Labute approximate surface area is 93.0 Å². The van der Waals surface area contributed by atoms with Crippen molar-refractivity contribution in [1.29, 1.82) is 5.26 Å². The molecule has 0 aliphatic heterocycles. The largest absolute Gasteiger partial charge is 0.321 e. The molecule has 3 nitrogen and oxygen atoms in total. The molecule has 1 N–H and O–H groups in total. The molecule has 3 heteroatoms. The van der Waals surface area contributed by atoms with Crippen LogP contribution in [0.2, 0.25) is 0 Å². The topological polar surface area (TPSA) is 56.6 Å². The van der Waals surface area contributed by atoms with Gasteiger partial charge in [-0.3, -0.25) is 4.79 Å². The van der Waals surface area contributed by atoms with Crippen molar-refractivity contribution >= 4 is 0 Å². The van der Waals surface area contributed by atoms with E-state index < -0.39 is 0 Å². The molecule has 16 heavy (non-hydrogen) atoms. The maximum absolute atomic E-state index is 11.4. The van der Waals surface area contributed by atoms with Gasteiger partial charge in [-0.05, 0) is 24.6 Å². The van der Waals surface area contributed by atoms with Crippen molar-refractivity contribution in [3.63, 3.8) is 0 Å². The molecule has 0 aliphatic rings. The molecule has 0 spiro atoms. The van der Waals surface area contributed by atoms with Crippen molar-refractivity contribution in [1.82, 2.24) is 4.98 Å². The summed E-state index contributed by atoms with van der Waals surface area (Å²) in [5.74, 6) is 0.